The summed E-state index contributed by atoms with van der Waals surface area (Å²) in [6.07, 6.45) is 1.70. The number of carbonyl (C=O) groups is 1. The summed E-state index contributed by atoms with van der Waals surface area (Å²) in [6.45, 7) is 4.93. The first-order valence-electron chi connectivity index (χ1n) is 10.2. The van der Waals surface area contributed by atoms with E-state index in [4.69, 9.17) is 10.7 Å². The van der Waals surface area contributed by atoms with Crippen LogP contribution in [0, 0.1) is 6.92 Å². The van der Waals surface area contributed by atoms with Crippen LogP contribution in [0.15, 0.2) is 54.0 Å². The summed E-state index contributed by atoms with van der Waals surface area (Å²) in [4.78, 5) is 31.2. The first-order valence-corrected chi connectivity index (χ1v) is 11.1. The van der Waals surface area contributed by atoms with Gasteiger partial charge < -0.3 is 15.5 Å². The van der Waals surface area contributed by atoms with Gasteiger partial charge in [0.25, 0.3) is 5.91 Å². The number of aromatic nitrogens is 3. The molecule has 3 aromatic heterocycles. The SMILES string of the molecule is Cc1nc(N2CCN(c3ncccc3C(N)=O)CC2)c2c(-c3ccccc3)csc2n1. The van der Waals surface area contributed by atoms with Gasteiger partial charge in [-0.3, -0.25) is 4.79 Å². The van der Waals surface area contributed by atoms with Crippen LogP contribution in [-0.2, 0) is 0 Å². The van der Waals surface area contributed by atoms with E-state index >= 15 is 0 Å². The minimum atomic E-state index is -0.454. The van der Waals surface area contributed by atoms with Gasteiger partial charge in [0.2, 0.25) is 0 Å². The van der Waals surface area contributed by atoms with Crippen molar-refractivity contribution in [3.63, 3.8) is 0 Å². The number of primary amides is 1. The fourth-order valence-electron chi connectivity index (χ4n) is 4.06. The molecule has 1 aromatic carbocycles. The number of hydrogen-bond acceptors (Lipinski definition) is 7. The van der Waals surface area contributed by atoms with Gasteiger partial charge in [-0.2, -0.15) is 0 Å². The number of carbonyl (C=O) groups excluding carboxylic acids is 1. The number of nitrogens with zero attached hydrogens (tertiary/aromatic N) is 5. The van der Waals surface area contributed by atoms with Crippen molar-refractivity contribution in [3.05, 3.63) is 65.4 Å². The summed E-state index contributed by atoms with van der Waals surface area (Å²) in [6, 6.07) is 13.8. The number of piperazine rings is 1. The van der Waals surface area contributed by atoms with Crippen molar-refractivity contribution in [1.29, 1.82) is 0 Å². The average Bonchev–Trinajstić information content (AvgIpc) is 3.23. The maximum atomic E-state index is 11.8. The number of rotatable bonds is 4. The van der Waals surface area contributed by atoms with Gasteiger partial charge in [-0.25, -0.2) is 15.0 Å². The van der Waals surface area contributed by atoms with Crippen molar-refractivity contribution in [2.24, 2.45) is 5.73 Å². The molecular weight excluding hydrogens is 408 g/mol. The zero-order valence-electron chi connectivity index (χ0n) is 17.2. The third-order valence-electron chi connectivity index (χ3n) is 5.54. The number of thiophene rings is 1. The Balaban J connectivity index is 1.48. The van der Waals surface area contributed by atoms with Crippen molar-refractivity contribution >= 4 is 39.1 Å². The fourth-order valence-corrected chi connectivity index (χ4v) is 5.04. The molecular formula is C23H22N6OS. The van der Waals surface area contributed by atoms with E-state index in [-0.39, 0.29) is 0 Å². The topological polar surface area (TPSA) is 88.2 Å². The van der Waals surface area contributed by atoms with Gasteiger partial charge in [-0.1, -0.05) is 30.3 Å². The second-order valence-electron chi connectivity index (χ2n) is 7.50. The number of hydrogen-bond donors (Lipinski definition) is 1. The molecule has 31 heavy (non-hydrogen) atoms. The first kappa shape index (κ1) is 19.4. The third-order valence-corrected chi connectivity index (χ3v) is 6.41. The molecule has 4 aromatic rings. The van der Waals surface area contributed by atoms with Crippen molar-refractivity contribution in [2.75, 3.05) is 36.0 Å². The number of fused-ring (bicyclic) bond motifs is 1. The molecule has 7 nitrogen and oxygen atoms in total. The Morgan fingerprint density at radius 1 is 0.968 bits per heavy atom. The Morgan fingerprint density at radius 2 is 1.68 bits per heavy atom. The highest BCUT2D eigenvalue weighted by molar-refractivity contribution is 7.17. The van der Waals surface area contributed by atoms with Gasteiger partial charge >= 0.3 is 0 Å². The molecule has 0 atom stereocenters. The molecule has 0 aliphatic carbocycles. The molecule has 2 N–H and O–H groups in total. The fraction of sp³-hybridized carbons (Fsp3) is 0.217. The molecule has 8 heteroatoms. The van der Waals surface area contributed by atoms with E-state index in [1.807, 2.05) is 13.0 Å². The monoisotopic (exact) mass is 430 g/mol. The maximum Gasteiger partial charge on any atom is 0.252 e. The highest BCUT2D eigenvalue weighted by Crippen LogP contribution is 2.38. The minimum Gasteiger partial charge on any atom is -0.365 e. The number of amides is 1. The Bertz CT molecular complexity index is 1250. The molecule has 156 valence electrons. The number of nitrogens with two attached hydrogens (primary N) is 1. The predicted molar refractivity (Wildman–Crippen MR) is 125 cm³/mol. The molecule has 0 unspecified atom stereocenters. The second kappa shape index (κ2) is 7.96. The molecule has 4 heterocycles. The lowest BCUT2D eigenvalue weighted by Crippen LogP contribution is -2.47. The second-order valence-corrected chi connectivity index (χ2v) is 8.36. The summed E-state index contributed by atoms with van der Waals surface area (Å²) < 4.78 is 0. The van der Waals surface area contributed by atoms with Crippen molar-refractivity contribution in [1.82, 2.24) is 15.0 Å². The van der Waals surface area contributed by atoms with Crippen LogP contribution in [0.4, 0.5) is 11.6 Å². The van der Waals surface area contributed by atoms with Gasteiger partial charge in [-0.05, 0) is 24.6 Å². The third kappa shape index (κ3) is 3.59. The Kier molecular flexibility index (Phi) is 4.99. The molecule has 0 saturated carbocycles. The lowest BCUT2D eigenvalue weighted by atomic mass is 10.1. The van der Waals surface area contributed by atoms with Crippen LogP contribution in [0.3, 0.4) is 0 Å². The zero-order chi connectivity index (χ0) is 21.4. The summed E-state index contributed by atoms with van der Waals surface area (Å²) in [5, 5.41) is 3.27. The molecule has 1 saturated heterocycles. The predicted octanol–water partition coefficient (Wildman–Crippen LogP) is 3.49. The van der Waals surface area contributed by atoms with Crippen molar-refractivity contribution in [2.45, 2.75) is 6.92 Å². The Labute approximate surface area is 184 Å². The normalized spacial score (nSPS) is 14.2. The number of aryl methyl sites for hydroxylation is 1. The Morgan fingerprint density at radius 3 is 2.39 bits per heavy atom. The highest BCUT2D eigenvalue weighted by atomic mass is 32.1. The van der Waals surface area contributed by atoms with Crippen LogP contribution in [0.2, 0.25) is 0 Å². The molecule has 0 radical (unpaired) electrons. The van der Waals surface area contributed by atoms with Crippen LogP contribution in [-0.4, -0.2) is 47.0 Å². The van der Waals surface area contributed by atoms with Crippen LogP contribution < -0.4 is 15.5 Å². The highest BCUT2D eigenvalue weighted by Gasteiger charge is 2.25. The number of pyridine rings is 1. The van der Waals surface area contributed by atoms with E-state index in [1.54, 1.807) is 29.7 Å². The molecule has 1 aliphatic heterocycles. The zero-order valence-corrected chi connectivity index (χ0v) is 18.0. The average molecular weight is 431 g/mol. The van der Waals surface area contributed by atoms with Gasteiger partial charge in [0.15, 0.2) is 0 Å². The van der Waals surface area contributed by atoms with Gasteiger partial charge in [-0.15, -0.1) is 11.3 Å². The number of anilines is 2. The van der Waals surface area contributed by atoms with Crippen LogP contribution in [0.5, 0.6) is 0 Å². The van der Waals surface area contributed by atoms with Gasteiger partial charge in [0.05, 0.1) is 10.9 Å². The van der Waals surface area contributed by atoms with E-state index in [0.29, 0.717) is 11.4 Å². The largest absolute Gasteiger partial charge is 0.365 e. The maximum absolute atomic E-state index is 11.8. The van der Waals surface area contributed by atoms with Crippen molar-refractivity contribution in [3.8, 4) is 11.1 Å². The molecule has 1 aliphatic rings. The van der Waals surface area contributed by atoms with E-state index in [2.05, 4.69) is 49.4 Å². The van der Waals surface area contributed by atoms with Crippen LogP contribution in [0.25, 0.3) is 21.3 Å². The summed E-state index contributed by atoms with van der Waals surface area (Å²) in [5.41, 5.74) is 8.34. The standard InChI is InChI=1S/C23H22N6OS/c1-15-26-22(19-18(14-31-23(19)27-15)16-6-3-2-4-7-16)29-12-10-28(11-13-29)21-17(20(24)30)8-5-9-25-21/h2-9,14H,10-13H2,1H3,(H2,24,30). The lowest BCUT2D eigenvalue weighted by Gasteiger charge is -2.37. The molecule has 5 rings (SSSR count). The van der Waals surface area contributed by atoms with Crippen LogP contribution >= 0.6 is 11.3 Å². The quantitative estimate of drug-likeness (QED) is 0.533. The van der Waals surface area contributed by atoms with E-state index in [0.717, 1.165) is 48.0 Å². The van der Waals surface area contributed by atoms with Crippen molar-refractivity contribution < 1.29 is 4.79 Å². The molecule has 1 amide bonds. The summed E-state index contributed by atoms with van der Waals surface area (Å²) >= 11 is 1.65. The first-order chi connectivity index (χ1) is 15.1. The van der Waals surface area contributed by atoms with E-state index in [1.165, 1.54) is 11.1 Å². The smallest absolute Gasteiger partial charge is 0.252 e. The van der Waals surface area contributed by atoms with E-state index < -0.39 is 5.91 Å². The lowest BCUT2D eigenvalue weighted by molar-refractivity contribution is 0.100. The van der Waals surface area contributed by atoms with Gasteiger partial charge in [0, 0.05) is 43.3 Å². The van der Waals surface area contributed by atoms with Gasteiger partial charge in [0.1, 0.15) is 22.3 Å². The summed E-state index contributed by atoms with van der Waals surface area (Å²) in [5.74, 6) is 1.94. The Hall–Kier alpha value is -3.52. The minimum absolute atomic E-state index is 0.454. The molecule has 0 bridgehead atoms. The summed E-state index contributed by atoms with van der Waals surface area (Å²) in [7, 11) is 0. The molecule has 0 spiro atoms. The number of benzene rings is 1. The molecule has 1 fully saturated rings. The van der Waals surface area contributed by atoms with E-state index in [9.17, 15) is 4.79 Å². The van der Waals surface area contributed by atoms with Crippen LogP contribution in [0.1, 0.15) is 16.2 Å².